The number of thiazole rings is 1. The standard InChI is InChI=1S/C17H12F3N3O3S/c18-17(19,20)26-12-5-3-11(4-6-12)22-9-21-16-23(10-22)15(24)14(27-16)8-13-2-1-7-25-13/h1-8H,9-10H2. The minimum Gasteiger partial charge on any atom is -0.465 e. The molecule has 0 radical (unpaired) electrons. The Bertz CT molecular complexity index is 1120. The Labute approximate surface area is 154 Å². The molecule has 0 bridgehead atoms. The van der Waals surface area contributed by atoms with Gasteiger partial charge in [-0.05, 0) is 36.4 Å². The molecular formula is C17H12F3N3O3S. The topological polar surface area (TPSA) is 60.0 Å². The first-order chi connectivity index (χ1) is 12.9. The summed E-state index contributed by atoms with van der Waals surface area (Å²) in [6.07, 6.45) is -1.56. The Morgan fingerprint density at radius 3 is 2.67 bits per heavy atom. The average Bonchev–Trinajstić information content (AvgIpc) is 3.23. The Balaban J connectivity index is 1.59. The molecule has 1 aliphatic heterocycles. The highest BCUT2D eigenvalue weighted by Gasteiger charge is 2.31. The number of aromatic nitrogens is 1. The highest BCUT2D eigenvalue weighted by molar-refractivity contribution is 7.07. The van der Waals surface area contributed by atoms with E-state index in [0.29, 0.717) is 27.5 Å². The van der Waals surface area contributed by atoms with E-state index >= 15 is 0 Å². The molecular weight excluding hydrogens is 383 g/mol. The van der Waals surface area contributed by atoms with Gasteiger partial charge in [0.1, 0.15) is 24.8 Å². The van der Waals surface area contributed by atoms with E-state index in [1.807, 2.05) is 0 Å². The van der Waals surface area contributed by atoms with Gasteiger partial charge in [-0.1, -0.05) is 11.3 Å². The van der Waals surface area contributed by atoms with Crippen LogP contribution in [0.25, 0.3) is 6.08 Å². The van der Waals surface area contributed by atoms with Gasteiger partial charge < -0.3 is 14.1 Å². The number of rotatable bonds is 3. The number of nitrogens with zero attached hydrogens (tertiary/aromatic N) is 3. The number of ether oxygens (including phenoxy) is 1. The quantitative estimate of drug-likeness (QED) is 0.683. The number of alkyl halides is 3. The van der Waals surface area contributed by atoms with Crippen molar-refractivity contribution in [3.05, 3.63) is 68.1 Å². The molecule has 1 aromatic carbocycles. The van der Waals surface area contributed by atoms with Gasteiger partial charge in [-0.15, -0.1) is 13.2 Å². The maximum Gasteiger partial charge on any atom is 0.573 e. The van der Waals surface area contributed by atoms with Crippen LogP contribution in [-0.2, 0) is 6.67 Å². The maximum atomic E-state index is 12.6. The number of hydrogen-bond donors (Lipinski definition) is 0. The van der Waals surface area contributed by atoms with E-state index in [2.05, 4.69) is 9.73 Å². The van der Waals surface area contributed by atoms with Gasteiger partial charge in [-0.25, -0.2) is 4.99 Å². The molecule has 27 heavy (non-hydrogen) atoms. The summed E-state index contributed by atoms with van der Waals surface area (Å²) in [4.78, 5) is 19.3. The van der Waals surface area contributed by atoms with Crippen molar-refractivity contribution in [2.24, 2.45) is 4.99 Å². The number of fused-ring (bicyclic) bond motifs is 1. The predicted octanol–water partition coefficient (Wildman–Crippen LogP) is 2.29. The summed E-state index contributed by atoms with van der Waals surface area (Å²) >= 11 is 1.26. The molecule has 1 aliphatic rings. The van der Waals surface area contributed by atoms with E-state index < -0.39 is 6.36 Å². The molecule has 0 N–H and O–H groups in total. The summed E-state index contributed by atoms with van der Waals surface area (Å²) in [5, 5.41) is 0. The molecule has 0 saturated carbocycles. The van der Waals surface area contributed by atoms with Crippen molar-refractivity contribution in [3.63, 3.8) is 0 Å². The predicted molar refractivity (Wildman–Crippen MR) is 92.1 cm³/mol. The second-order valence-electron chi connectivity index (χ2n) is 5.66. The Morgan fingerprint density at radius 1 is 1.22 bits per heavy atom. The molecule has 6 nitrogen and oxygen atoms in total. The van der Waals surface area contributed by atoms with Crippen LogP contribution in [0.5, 0.6) is 5.75 Å². The van der Waals surface area contributed by atoms with E-state index in [1.54, 1.807) is 23.1 Å². The van der Waals surface area contributed by atoms with E-state index in [4.69, 9.17) is 4.42 Å². The molecule has 0 atom stereocenters. The summed E-state index contributed by atoms with van der Waals surface area (Å²) in [6, 6.07) is 8.92. The fourth-order valence-electron chi connectivity index (χ4n) is 2.64. The fourth-order valence-corrected chi connectivity index (χ4v) is 3.58. The van der Waals surface area contributed by atoms with Crippen LogP contribution >= 0.6 is 11.3 Å². The molecule has 3 heterocycles. The molecule has 3 aromatic rings. The molecule has 10 heteroatoms. The zero-order valence-electron chi connectivity index (χ0n) is 13.6. The second kappa shape index (κ2) is 6.62. The third kappa shape index (κ3) is 3.75. The van der Waals surface area contributed by atoms with E-state index in [1.165, 1.54) is 46.4 Å². The van der Waals surface area contributed by atoms with Crippen LogP contribution in [0.4, 0.5) is 18.9 Å². The molecule has 4 rings (SSSR count). The number of hydrogen-bond acceptors (Lipinski definition) is 6. The molecule has 0 fully saturated rings. The van der Waals surface area contributed by atoms with Gasteiger partial charge in [0.2, 0.25) is 0 Å². The van der Waals surface area contributed by atoms with E-state index in [9.17, 15) is 18.0 Å². The SMILES string of the molecule is O=c1c(=Cc2ccco2)sc2n1CN(c1ccc(OC(F)(F)F)cc1)CN=2. The molecule has 0 unspecified atom stereocenters. The van der Waals surface area contributed by atoms with E-state index in [0.717, 1.165) is 0 Å². The molecule has 2 aromatic heterocycles. The van der Waals surface area contributed by atoms with Crippen molar-refractivity contribution in [3.8, 4) is 5.75 Å². The third-order valence-electron chi connectivity index (χ3n) is 3.83. The molecule has 0 aliphatic carbocycles. The van der Waals surface area contributed by atoms with Crippen LogP contribution in [0.3, 0.4) is 0 Å². The lowest BCUT2D eigenvalue weighted by atomic mass is 10.3. The van der Waals surface area contributed by atoms with Gasteiger partial charge in [0, 0.05) is 11.8 Å². The van der Waals surface area contributed by atoms with Crippen molar-refractivity contribution in [1.29, 1.82) is 0 Å². The van der Waals surface area contributed by atoms with Crippen molar-refractivity contribution >= 4 is 23.1 Å². The summed E-state index contributed by atoms with van der Waals surface area (Å²) in [5.74, 6) is 0.271. The lowest BCUT2D eigenvalue weighted by molar-refractivity contribution is -0.274. The summed E-state index contributed by atoms with van der Waals surface area (Å²) in [6.45, 7) is 0.541. The van der Waals surface area contributed by atoms with Crippen LogP contribution in [0, 0.1) is 0 Å². The van der Waals surface area contributed by atoms with Crippen LogP contribution in [-0.4, -0.2) is 17.6 Å². The van der Waals surface area contributed by atoms with Crippen LogP contribution < -0.4 is 24.5 Å². The van der Waals surface area contributed by atoms with Gasteiger partial charge >= 0.3 is 6.36 Å². The van der Waals surface area contributed by atoms with Crippen molar-refractivity contribution in [2.45, 2.75) is 13.0 Å². The van der Waals surface area contributed by atoms with Gasteiger partial charge in [-0.2, -0.15) is 0 Å². The Kier molecular flexibility index (Phi) is 4.27. The number of halogens is 3. The summed E-state index contributed by atoms with van der Waals surface area (Å²) < 4.78 is 47.9. The van der Waals surface area contributed by atoms with Gasteiger partial charge in [0.25, 0.3) is 5.56 Å². The Hall–Kier alpha value is -3.01. The molecule has 0 saturated heterocycles. The highest BCUT2D eigenvalue weighted by atomic mass is 32.1. The first-order valence-corrected chi connectivity index (χ1v) is 8.61. The minimum atomic E-state index is -4.73. The first-order valence-electron chi connectivity index (χ1n) is 7.79. The van der Waals surface area contributed by atoms with Gasteiger partial charge in [0.05, 0.1) is 10.8 Å². The third-order valence-corrected chi connectivity index (χ3v) is 4.87. The first kappa shape index (κ1) is 17.4. The molecule has 140 valence electrons. The summed E-state index contributed by atoms with van der Waals surface area (Å²) in [5.41, 5.74) is 0.436. The lowest BCUT2D eigenvalue weighted by Gasteiger charge is -2.25. The maximum absolute atomic E-state index is 12.6. The zero-order chi connectivity index (χ0) is 19.0. The number of furan rings is 1. The Morgan fingerprint density at radius 2 is 2.00 bits per heavy atom. The van der Waals surface area contributed by atoms with Crippen molar-refractivity contribution < 1.29 is 22.3 Å². The second-order valence-corrected chi connectivity index (χ2v) is 6.67. The molecule has 0 amide bonds. The highest BCUT2D eigenvalue weighted by Crippen LogP contribution is 2.25. The van der Waals surface area contributed by atoms with Crippen LogP contribution in [0.1, 0.15) is 5.76 Å². The van der Waals surface area contributed by atoms with Crippen molar-refractivity contribution in [1.82, 2.24) is 4.57 Å². The largest absolute Gasteiger partial charge is 0.573 e. The average molecular weight is 395 g/mol. The zero-order valence-corrected chi connectivity index (χ0v) is 14.5. The van der Waals surface area contributed by atoms with Gasteiger partial charge in [-0.3, -0.25) is 9.36 Å². The number of anilines is 1. The lowest BCUT2D eigenvalue weighted by Crippen LogP contribution is -2.42. The van der Waals surface area contributed by atoms with Crippen LogP contribution in [0.2, 0.25) is 0 Å². The van der Waals surface area contributed by atoms with Crippen LogP contribution in [0.15, 0.2) is 56.9 Å². The molecule has 0 spiro atoms. The summed E-state index contributed by atoms with van der Waals surface area (Å²) in [7, 11) is 0. The van der Waals surface area contributed by atoms with Gasteiger partial charge in [0.15, 0.2) is 4.80 Å². The smallest absolute Gasteiger partial charge is 0.465 e. The minimum absolute atomic E-state index is 0.197. The monoisotopic (exact) mass is 395 g/mol. The fraction of sp³-hybridized carbons (Fsp3) is 0.176. The number of benzene rings is 1. The normalized spacial score (nSPS) is 14.8. The van der Waals surface area contributed by atoms with Crippen molar-refractivity contribution in [2.75, 3.05) is 11.6 Å². The van der Waals surface area contributed by atoms with E-state index in [-0.39, 0.29) is 18.0 Å².